The molecule has 1 N–H and O–H groups in total. The number of rotatable bonds is 0. The Labute approximate surface area is 105 Å². The Hall–Kier alpha value is -1.84. The van der Waals surface area contributed by atoms with Gasteiger partial charge in [-0.2, -0.15) is 0 Å². The molecule has 2 aliphatic heterocycles. The molecule has 1 unspecified atom stereocenters. The molecule has 1 fully saturated rings. The summed E-state index contributed by atoms with van der Waals surface area (Å²) in [5.74, 6) is 0.367. The van der Waals surface area contributed by atoms with Crippen LogP contribution < -0.4 is 10.1 Å². The minimum atomic E-state index is -0.665. The third-order valence-corrected chi connectivity index (χ3v) is 4.05. The maximum atomic E-state index is 12.2. The van der Waals surface area contributed by atoms with E-state index in [1.54, 1.807) is 0 Å². The van der Waals surface area contributed by atoms with Crippen molar-refractivity contribution in [3.05, 3.63) is 28.8 Å². The molecular formula is C14H15NO3. The first-order valence-electron chi connectivity index (χ1n) is 6.12. The molecule has 1 aromatic carbocycles. The normalized spacial score (nSPS) is 25.9. The number of aryl methyl sites for hydroxylation is 2. The average molecular weight is 245 g/mol. The molecule has 3 rings (SSSR count). The number of ether oxygens (including phenoxy) is 1. The van der Waals surface area contributed by atoms with Gasteiger partial charge in [-0.25, -0.2) is 0 Å². The molecule has 1 saturated heterocycles. The predicted octanol–water partition coefficient (Wildman–Crippen LogP) is 1.37. The van der Waals surface area contributed by atoms with Gasteiger partial charge in [0, 0.05) is 12.0 Å². The summed E-state index contributed by atoms with van der Waals surface area (Å²) >= 11 is 0. The van der Waals surface area contributed by atoms with E-state index in [1.807, 2.05) is 26.0 Å². The summed E-state index contributed by atoms with van der Waals surface area (Å²) in [4.78, 5) is 23.4. The third kappa shape index (κ3) is 1.38. The first-order chi connectivity index (χ1) is 8.53. The molecular weight excluding hydrogens is 230 g/mol. The lowest BCUT2D eigenvalue weighted by atomic mass is 9.75. The highest BCUT2D eigenvalue weighted by Crippen LogP contribution is 2.44. The van der Waals surface area contributed by atoms with Gasteiger partial charge in [0.25, 0.3) is 0 Å². The van der Waals surface area contributed by atoms with Crippen LogP contribution in [0.2, 0.25) is 0 Å². The van der Waals surface area contributed by atoms with Gasteiger partial charge in [0.05, 0.1) is 0 Å². The summed E-state index contributed by atoms with van der Waals surface area (Å²) < 4.78 is 5.66. The van der Waals surface area contributed by atoms with Crippen LogP contribution in [-0.4, -0.2) is 18.4 Å². The van der Waals surface area contributed by atoms with Crippen molar-refractivity contribution >= 4 is 11.8 Å². The summed E-state index contributed by atoms with van der Waals surface area (Å²) in [5.41, 5.74) is 2.55. The van der Waals surface area contributed by atoms with Gasteiger partial charge in [0.2, 0.25) is 11.8 Å². The van der Waals surface area contributed by atoms with Gasteiger partial charge < -0.3 is 4.74 Å². The predicted molar refractivity (Wildman–Crippen MR) is 65.5 cm³/mol. The summed E-state index contributed by atoms with van der Waals surface area (Å²) in [7, 11) is 0. The number of hydrogen-bond donors (Lipinski definition) is 1. The molecule has 18 heavy (non-hydrogen) atoms. The van der Waals surface area contributed by atoms with Gasteiger partial charge >= 0.3 is 0 Å². The molecule has 0 radical (unpaired) electrons. The lowest BCUT2D eigenvalue weighted by Gasteiger charge is -2.30. The van der Waals surface area contributed by atoms with E-state index in [-0.39, 0.29) is 11.8 Å². The van der Waals surface area contributed by atoms with Gasteiger partial charge in [-0.05, 0) is 37.5 Å². The standard InChI is InChI=1S/C14H15NO3/c1-8-5-10-11(6-9(8)2)18-7-14(10)4-3-12(16)15-13(14)17/h5-6H,3-4,7H2,1-2H3,(H,15,16,17). The van der Waals surface area contributed by atoms with Crippen molar-refractivity contribution in [3.63, 3.8) is 0 Å². The third-order valence-electron chi connectivity index (χ3n) is 4.05. The van der Waals surface area contributed by atoms with Gasteiger partial charge in [-0.1, -0.05) is 6.07 Å². The summed E-state index contributed by atoms with van der Waals surface area (Å²) in [6, 6.07) is 4.00. The second-order valence-corrected chi connectivity index (χ2v) is 5.18. The highest BCUT2D eigenvalue weighted by Gasteiger charge is 2.50. The number of benzene rings is 1. The molecule has 2 amide bonds. The van der Waals surface area contributed by atoms with E-state index in [9.17, 15) is 9.59 Å². The Kier molecular flexibility index (Phi) is 2.24. The molecule has 0 aliphatic carbocycles. The van der Waals surface area contributed by atoms with E-state index >= 15 is 0 Å². The molecule has 2 heterocycles. The largest absolute Gasteiger partial charge is 0.492 e. The van der Waals surface area contributed by atoms with Crippen LogP contribution in [-0.2, 0) is 15.0 Å². The maximum Gasteiger partial charge on any atom is 0.240 e. The van der Waals surface area contributed by atoms with Crippen LogP contribution in [0.25, 0.3) is 0 Å². The Morgan fingerprint density at radius 2 is 1.94 bits per heavy atom. The molecule has 4 heteroatoms. The van der Waals surface area contributed by atoms with Crippen LogP contribution in [0.4, 0.5) is 0 Å². The van der Waals surface area contributed by atoms with E-state index in [0.29, 0.717) is 19.4 Å². The van der Waals surface area contributed by atoms with Crippen LogP contribution >= 0.6 is 0 Å². The van der Waals surface area contributed by atoms with E-state index < -0.39 is 5.41 Å². The zero-order valence-corrected chi connectivity index (χ0v) is 10.5. The zero-order valence-electron chi connectivity index (χ0n) is 10.5. The van der Waals surface area contributed by atoms with Gasteiger partial charge in [0.1, 0.15) is 17.8 Å². The Morgan fingerprint density at radius 1 is 1.22 bits per heavy atom. The van der Waals surface area contributed by atoms with Gasteiger partial charge in [-0.15, -0.1) is 0 Å². The van der Waals surface area contributed by atoms with Crippen molar-refractivity contribution in [1.29, 1.82) is 0 Å². The molecule has 0 bridgehead atoms. The highest BCUT2D eigenvalue weighted by molar-refractivity contribution is 6.04. The van der Waals surface area contributed by atoms with Crippen LogP contribution in [0, 0.1) is 13.8 Å². The van der Waals surface area contributed by atoms with Crippen molar-refractivity contribution < 1.29 is 14.3 Å². The number of carbonyl (C=O) groups excluding carboxylic acids is 2. The minimum absolute atomic E-state index is 0.192. The summed E-state index contributed by atoms with van der Waals surface area (Å²) in [6.07, 6.45) is 0.911. The number of nitrogens with one attached hydrogen (secondary N) is 1. The second-order valence-electron chi connectivity index (χ2n) is 5.18. The van der Waals surface area contributed by atoms with Crippen LogP contribution in [0.1, 0.15) is 29.5 Å². The first kappa shape index (κ1) is 11.3. The number of carbonyl (C=O) groups is 2. The molecule has 1 spiro atoms. The summed E-state index contributed by atoms with van der Waals surface area (Å²) in [6.45, 7) is 4.38. The number of piperidine rings is 1. The minimum Gasteiger partial charge on any atom is -0.492 e. The fourth-order valence-corrected chi connectivity index (χ4v) is 2.71. The summed E-state index contributed by atoms with van der Waals surface area (Å²) in [5, 5.41) is 2.43. The van der Waals surface area contributed by atoms with E-state index in [4.69, 9.17) is 4.74 Å². The zero-order chi connectivity index (χ0) is 12.9. The Morgan fingerprint density at radius 3 is 2.67 bits per heavy atom. The lowest BCUT2D eigenvalue weighted by molar-refractivity contribution is -0.138. The van der Waals surface area contributed by atoms with Crippen LogP contribution in [0.5, 0.6) is 5.75 Å². The van der Waals surface area contributed by atoms with Crippen LogP contribution in [0.15, 0.2) is 12.1 Å². The van der Waals surface area contributed by atoms with E-state index in [1.165, 1.54) is 0 Å². The monoisotopic (exact) mass is 245 g/mol. The number of amides is 2. The fourth-order valence-electron chi connectivity index (χ4n) is 2.71. The van der Waals surface area contributed by atoms with Crippen molar-refractivity contribution in [2.45, 2.75) is 32.1 Å². The fraction of sp³-hybridized carbons (Fsp3) is 0.429. The topological polar surface area (TPSA) is 55.4 Å². The number of fused-ring (bicyclic) bond motifs is 2. The smallest absolute Gasteiger partial charge is 0.240 e. The lowest BCUT2D eigenvalue weighted by Crippen LogP contribution is -2.52. The van der Waals surface area contributed by atoms with Gasteiger partial charge in [-0.3, -0.25) is 14.9 Å². The van der Waals surface area contributed by atoms with E-state index in [2.05, 4.69) is 5.32 Å². The van der Waals surface area contributed by atoms with Crippen molar-refractivity contribution in [2.75, 3.05) is 6.61 Å². The Balaban J connectivity index is 2.11. The van der Waals surface area contributed by atoms with Crippen molar-refractivity contribution in [3.8, 4) is 5.75 Å². The van der Waals surface area contributed by atoms with Crippen molar-refractivity contribution in [1.82, 2.24) is 5.32 Å². The molecule has 0 saturated carbocycles. The molecule has 94 valence electrons. The Bertz CT molecular complexity index is 564. The second kappa shape index (κ2) is 3.57. The quantitative estimate of drug-likeness (QED) is 0.702. The maximum absolute atomic E-state index is 12.2. The SMILES string of the molecule is Cc1cc2c(cc1C)C1(CCC(=O)NC1=O)CO2. The number of imide groups is 1. The first-order valence-corrected chi connectivity index (χ1v) is 6.12. The molecule has 4 nitrogen and oxygen atoms in total. The number of hydrogen-bond acceptors (Lipinski definition) is 3. The van der Waals surface area contributed by atoms with E-state index in [0.717, 1.165) is 22.4 Å². The molecule has 2 aliphatic rings. The van der Waals surface area contributed by atoms with Crippen LogP contribution in [0.3, 0.4) is 0 Å². The van der Waals surface area contributed by atoms with Gasteiger partial charge in [0.15, 0.2) is 0 Å². The molecule has 1 atom stereocenters. The molecule has 1 aromatic rings. The average Bonchev–Trinajstić information content (AvgIpc) is 2.65. The van der Waals surface area contributed by atoms with Crippen molar-refractivity contribution in [2.24, 2.45) is 0 Å². The highest BCUT2D eigenvalue weighted by atomic mass is 16.5. The molecule has 0 aromatic heterocycles.